The van der Waals surface area contributed by atoms with Gasteiger partial charge in [0, 0.05) is 18.7 Å². The number of benzene rings is 2. The molecule has 158 valence electrons. The van der Waals surface area contributed by atoms with E-state index in [0.29, 0.717) is 17.5 Å². The van der Waals surface area contributed by atoms with Crippen molar-refractivity contribution >= 4 is 42.6 Å². The van der Waals surface area contributed by atoms with Gasteiger partial charge >= 0.3 is 0 Å². The largest absolute Gasteiger partial charge is 0.497 e. The molecule has 0 aliphatic carbocycles. The number of hydrogen-bond donors (Lipinski definition) is 2. The molecule has 3 aromatic rings. The molecule has 30 heavy (non-hydrogen) atoms. The Bertz CT molecular complexity index is 1170. The lowest BCUT2D eigenvalue weighted by molar-refractivity contribution is 0.102. The molecule has 1 fully saturated rings. The summed E-state index contributed by atoms with van der Waals surface area (Å²) in [5.74, 6) is 0.273. The van der Waals surface area contributed by atoms with Crippen molar-refractivity contribution in [3.63, 3.8) is 0 Å². The molecule has 0 saturated carbocycles. The molecule has 2 heterocycles. The first-order valence-electron chi connectivity index (χ1n) is 9.42. The number of hydrogen-bond acceptors (Lipinski definition) is 7. The van der Waals surface area contributed by atoms with Crippen molar-refractivity contribution in [1.82, 2.24) is 9.71 Å². The molecule has 1 saturated heterocycles. The monoisotopic (exact) mass is 447 g/mol. The summed E-state index contributed by atoms with van der Waals surface area (Å²) in [5, 5.41) is 3.16. The van der Waals surface area contributed by atoms with Gasteiger partial charge in [0.2, 0.25) is 10.0 Å². The maximum atomic E-state index is 12.7. The van der Waals surface area contributed by atoms with Crippen molar-refractivity contribution < 1.29 is 22.7 Å². The Hall–Kier alpha value is -2.53. The molecule has 0 bridgehead atoms. The summed E-state index contributed by atoms with van der Waals surface area (Å²) in [5.41, 5.74) is 0.970. The lowest BCUT2D eigenvalue weighted by Gasteiger charge is -2.12. The van der Waals surface area contributed by atoms with Crippen LogP contribution < -0.4 is 14.8 Å². The predicted octanol–water partition coefficient (Wildman–Crippen LogP) is 3.01. The number of rotatable bonds is 7. The van der Waals surface area contributed by atoms with Gasteiger partial charge in [0.25, 0.3) is 5.91 Å². The average Bonchev–Trinajstić information content (AvgIpc) is 3.41. The number of ether oxygens (including phenoxy) is 2. The maximum Gasteiger partial charge on any atom is 0.257 e. The second-order valence-corrected chi connectivity index (χ2v) is 9.62. The van der Waals surface area contributed by atoms with Crippen LogP contribution >= 0.6 is 11.3 Å². The lowest BCUT2D eigenvalue weighted by Crippen LogP contribution is -2.32. The first-order chi connectivity index (χ1) is 14.4. The molecule has 1 aliphatic rings. The van der Waals surface area contributed by atoms with Crippen LogP contribution in [0.25, 0.3) is 10.2 Å². The third-order valence-electron chi connectivity index (χ3n) is 4.75. The van der Waals surface area contributed by atoms with Crippen molar-refractivity contribution in [3.05, 3.63) is 48.0 Å². The van der Waals surface area contributed by atoms with Crippen molar-refractivity contribution in [2.45, 2.75) is 23.8 Å². The highest BCUT2D eigenvalue weighted by Crippen LogP contribution is 2.29. The number of amides is 1. The van der Waals surface area contributed by atoms with Gasteiger partial charge in [-0.25, -0.2) is 18.1 Å². The van der Waals surface area contributed by atoms with Crippen LogP contribution in [-0.2, 0) is 14.8 Å². The minimum Gasteiger partial charge on any atom is -0.497 e. The molecule has 0 radical (unpaired) electrons. The van der Waals surface area contributed by atoms with Crippen molar-refractivity contribution in [1.29, 1.82) is 0 Å². The smallest absolute Gasteiger partial charge is 0.257 e. The van der Waals surface area contributed by atoms with Crippen molar-refractivity contribution in [2.24, 2.45) is 0 Å². The molecule has 4 rings (SSSR count). The number of nitrogens with zero attached hydrogens (tertiary/aromatic N) is 1. The van der Waals surface area contributed by atoms with Crippen molar-refractivity contribution in [2.75, 3.05) is 25.6 Å². The summed E-state index contributed by atoms with van der Waals surface area (Å²) in [6.07, 6.45) is 1.66. The van der Waals surface area contributed by atoms with Gasteiger partial charge in [-0.15, -0.1) is 0 Å². The first-order valence-corrected chi connectivity index (χ1v) is 11.7. The molecular formula is C20H21N3O5S2. The van der Waals surface area contributed by atoms with Gasteiger partial charge in [0.15, 0.2) is 5.13 Å². The second kappa shape index (κ2) is 8.68. The number of fused-ring (bicyclic) bond motifs is 1. The Kier molecular flexibility index (Phi) is 6.00. The molecule has 1 aromatic heterocycles. The number of anilines is 1. The molecule has 1 amide bonds. The van der Waals surface area contributed by atoms with Crippen LogP contribution in [0.5, 0.6) is 5.75 Å². The number of sulfonamides is 1. The Morgan fingerprint density at radius 3 is 2.93 bits per heavy atom. The van der Waals surface area contributed by atoms with E-state index in [1.54, 1.807) is 25.3 Å². The highest BCUT2D eigenvalue weighted by molar-refractivity contribution is 7.89. The van der Waals surface area contributed by atoms with Crippen LogP contribution in [-0.4, -0.2) is 45.7 Å². The zero-order chi connectivity index (χ0) is 21.1. The van der Waals surface area contributed by atoms with E-state index in [1.807, 2.05) is 12.1 Å². The number of carbonyl (C=O) groups is 1. The molecule has 0 unspecified atom stereocenters. The second-order valence-electron chi connectivity index (χ2n) is 6.82. The summed E-state index contributed by atoms with van der Waals surface area (Å²) in [6.45, 7) is 0.870. The Morgan fingerprint density at radius 1 is 1.30 bits per heavy atom. The van der Waals surface area contributed by atoms with E-state index in [9.17, 15) is 13.2 Å². The molecule has 1 atom stereocenters. The average molecular weight is 448 g/mol. The van der Waals surface area contributed by atoms with Crippen LogP contribution in [0.3, 0.4) is 0 Å². The van der Waals surface area contributed by atoms with Crippen LogP contribution in [0.1, 0.15) is 23.2 Å². The number of methoxy groups -OCH3 is 1. The normalized spacial score (nSPS) is 16.6. The van der Waals surface area contributed by atoms with Crippen LogP contribution in [0, 0.1) is 0 Å². The molecule has 8 nitrogen and oxygen atoms in total. The topological polar surface area (TPSA) is 107 Å². The summed E-state index contributed by atoms with van der Waals surface area (Å²) < 4.78 is 39.2. The fourth-order valence-corrected chi connectivity index (χ4v) is 5.15. The van der Waals surface area contributed by atoms with Gasteiger partial charge in [0.05, 0.1) is 28.3 Å². The highest BCUT2D eigenvalue weighted by atomic mass is 32.2. The Balaban J connectivity index is 1.48. The lowest BCUT2D eigenvalue weighted by atomic mass is 10.2. The zero-order valence-corrected chi connectivity index (χ0v) is 17.9. The first kappa shape index (κ1) is 20.7. The Morgan fingerprint density at radius 2 is 2.17 bits per heavy atom. The van der Waals surface area contributed by atoms with E-state index >= 15 is 0 Å². The van der Waals surface area contributed by atoms with Crippen LogP contribution in [0.15, 0.2) is 47.4 Å². The third kappa shape index (κ3) is 4.62. The van der Waals surface area contributed by atoms with E-state index < -0.39 is 15.9 Å². The summed E-state index contributed by atoms with van der Waals surface area (Å²) in [6, 6.07) is 11.4. The molecule has 2 N–H and O–H groups in total. The summed E-state index contributed by atoms with van der Waals surface area (Å²) >= 11 is 1.31. The fraction of sp³-hybridized carbons (Fsp3) is 0.300. The third-order valence-corrected chi connectivity index (χ3v) is 7.10. The SMILES string of the molecule is COc1ccc2nc(NC(=O)c3cccc(S(=O)(=O)NC[C@H]4CCCO4)c3)sc2c1. The van der Waals surface area contributed by atoms with E-state index in [2.05, 4.69) is 15.0 Å². The van der Waals surface area contributed by atoms with Gasteiger partial charge in [-0.2, -0.15) is 0 Å². The molecule has 0 spiro atoms. The van der Waals surface area contributed by atoms with Gasteiger partial charge in [0.1, 0.15) is 5.75 Å². The van der Waals surface area contributed by atoms with Crippen LogP contribution in [0.2, 0.25) is 0 Å². The van der Waals surface area contributed by atoms with E-state index in [-0.39, 0.29) is 23.1 Å². The number of aromatic nitrogens is 1. The minimum atomic E-state index is -3.74. The minimum absolute atomic E-state index is 0.0298. The van der Waals surface area contributed by atoms with Crippen molar-refractivity contribution in [3.8, 4) is 5.75 Å². The van der Waals surface area contributed by atoms with E-state index in [4.69, 9.17) is 9.47 Å². The standard InChI is InChI=1S/C20H21N3O5S2/c1-27-14-7-8-17-18(11-14)29-20(22-17)23-19(24)13-4-2-6-16(10-13)30(25,26)21-12-15-5-3-9-28-15/h2,4,6-8,10-11,15,21H,3,5,9,12H2,1H3,(H,22,23,24)/t15-/m1/s1. The van der Waals surface area contributed by atoms with Gasteiger partial charge < -0.3 is 9.47 Å². The quantitative estimate of drug-likeness (QED) is 0.577. The zero-order valence-electron chi connectivity index (χ0n) is 16.3. The van der Waals surface area contributed by atoms with E-state index in [1.165, 1.54) is 23.5 Å². The fourth-order valence-electron chi connectivity index (χ4n) is 3.15. The van der Waals surface area contributed by atoms with Gasteiger partial charge in [-0.1, -0.05) is 17.4 Å². The predicted molar refractivity (Wildman–Crippen MR) is 115 cm³/mol. The molecule has 10 heteroatoms. The van der Waals surface area contributed by atoms with Gasteiger partial charge in [-0.05, 0) is 49.2 Å². The molecule has 2 aromatic carbocycles. The number of nitrogens with one attached hydrogen (secondary N) is 2. The highest BCUT2D eigenvalue weighted by Gasteiger charge is 2.21. The Labute approximate surface area is 178 Å². The maximum absolute atomic E-state index is 12.7. The molecular weight excluding hydrogens is 426 g/mol. The number of carbonyl (C=O) groups excluding carboxylic acids is 1. The van der Waals surface area contributed by atoms with Gasteiger partial charge in [-0.3, -0.25) is 10.1 Å². The molecule has 1 aliphatic heterocycles. The summed E-state index contributed by atoms with van der Waals surface area (Å²) in [7, 11) is -2.16. The summed E-state index contributed by atoms with van der Waals surface area (Å²) in [4.78, 5) is 17.1. The van der Waals surface area contributed by atoms with Crippen LogP contribution in [0.4, 0.5) is 5.13 Å². The number of thiazole rings is 1. The van der Waals surface area contributed by atoms with E-state index in [0.717, 1.165) is 23.1 Å².